The molecule has 3 rings (SSSR count). The molecule has 0 radical (unpaired) electrons. The number of benzene rings is 2. The largest absolute Gasteiger partial charge is 0.347 e. The van der Waals surface area contributed by atoms with Crippen LogP contribution in [0.3, 0.4) is 0 Å². The van der Waals surface area contributed by atoms with Crippen LogP contribution in [0.1, 0.15) is 16.1 Å². The number of aromatic amines is 1. The Labute approximate surface area is 133 Å². The molecule has 0 fully saturated rings. The molecule has 5 heteroatoms. The zero-order chi connectivity index (χ0) is 15.4. The Balaban J connectivity index is 1.67. The summed E-state index contributed by atoms with van der Waals surface area (Å²) in [7, 11) is 0. The Morgan fingerprint density at radius 1 is 1.09 bits per heavy atom. The highest BCUT2D eigenvalue weighted by Gasteiger charge is 2.10. The van der Waals surface area contributed by atoms with Crippen LogP contribution in [0.15, 0.2) is 60.7 Å². The van der Waals surface area contributed by atoms with E-state index < -0.39 is 0 Å². The molecule has 22 heavy (non-hydrogen) atoms. The lowest BCUT2D eigenvalue weighted by molar-refractivity contribution is 0.0946. The molecule has 0 spiro atoms. The molecule has 2 N–H and O–H groups in total. The van der Waals surface area contributed by atoms with E-state index in [0.29, 0.717) is 17.3 Å². The topological polar surface area (TPSA) is 57.8 Å². The molecule has 3 aromatic rings. The van der Waals surface area contributed by atoms with Gasteiger partial charge in [-0.15, -0.1) is 0 Å². The Morgan fingerprint density at radius 2 is 1.91 bits per heavy atom. The Morgan fingerprint density at radius 3 is 2.68 bits per heavy atom. The van der Waals surface area contributed by atoms with Crippen molar-refractivity contribution in [3.05, 3.63) is 76.9 Å². The molecule has 2 aromatic carbocycles. The number of nitrogens with zero attached hydrogens (tertiary/aromatic N) is 1. The molecule has 0 aliphatic heterocycles. The van der Waals surface area contributed by atoms with Crippen LogP contribution in [0.4, 0.5) is 0 Å². The maximum absolute atomic E-state index is 12.1. The summed E-state index contributed by atoms with van der Waals surface area (Å²) in [6, 6.07) is 18.8. The van der Waals surface area contributed by atoms with Gasteiger partial charge < -0.3 is 5.32 Å². The lowest BCUT2D eigenvalue weighted by Crippen LogP contribution is -2.23. The van der Waals surface area contributed by atoms with Gasteiger partial charge in [0, 0.05) is 17.1 Å². The average molecular weight is 312 g/mol. The SMILES string of the molecule is O=C(NCc1cccc(Cl)c1)c1cc(-c2ccccc2)n[nH]1. The summed E-state index contributed by atoms with van der Waals surface area (Å²) in [5, 5.41) is 10.4. The number of aromatic nitrogens is 2. The molecule has 0 saturated carbocycles. The summed E-state index contributed by atoms with van der Waals surface area (Å²) in [5.41, 5.74) is 3.09. The van der Waals surface area contributed by atoms with Crippen LogP contribution in [0.2, 0.25) is 5.02 Å². The van der Waals surface area contributed by atoms with E-state index in [4.69, 9.17) is 11.6 Å². The second kappa shape index (κ2) is 6.45. The lowest BCUT2D eigenvalue weighted by atomic mass is 10.1. The van der Waals surface area contributed by atoms with Crippen LogP contribution >= 0.6 is 11.6 Å². The van der Waals surface area contributed by atoms with Crippen LogP contribution in [-0.4, -0.2) is 16.1 Å². The van der Waals surface area contributed by atoms with Crippen molar-refractivity contribution in [3.8, 4) is 11.3 Å². The van der Waals surface area contributed by atoms with Crippen molar-refractivity contribution < 1.29 is 4.79 Å². The van der Waals surface area contributed by atoms with E-state index in [2.05, 4.69) is 15.5 Å². The fraction of sp³-hybridized carbons (Fsp3) is 0.0588. The predicted octanol–water partition coefficient (Wildman–Crippen LogP) is 3.66. The molecule has 1 amide bonds. The molecule has 4 nitrogen and oxygen atoms in total. The van der Waals surface area contributed by atoms with Crippen molar-refractivity contribution in [1.29, 1.82) is 0 Å². The Kier molecular flexibility index (Phi) is 4.21. The smallest absolute Gasteiger partial charge is 0.269 e. The maximum Gasteiger partial charge on any atom is 0.269 e. The minimum Gasteiger partial charge on any atom is -0.347 e. The average Bonchev–Trinajstić information content (AvgIpc) is 3.04. The van der Waals surface area contributed by atoms with Crippen LogP contribution in [0.25, 0.3) is 11.3 Å². The van der Waals surface area contributed by atoms with Crippen LogP contribution in [0.5, 0.6) is 0 Å². The Bertz CT molecular complexity index is 783. The first-order valence-corrected chi connectivity index (χ1v) is 7.23. The van der Waals surface area contributed by atoms with E-state index >= 15 is 0 Å². The van der Waals surface area contributed by atoms with Gasteiger partial charge in [-0.3, -0.25) is 9.89 Å². The summed E-state index contributed by atoms with van der Waals surface area (Å²) < 4.78 is 0. The summed E-state index contributed by atoms with van der Waals surface area (Å²) in [6.45, 7) is 0.416. The number of carbonyl (C=O) groups excluding carboxylic acids is 1. The van der Waals surface area contributed by atoms with Gasteiger partial charge in [-0.1, -0.05) is 54.1 Å². The first-order chi connectivity index (χ1) is 10.7. The summed E-state index contributed by atoms with van der Waals surface area (Å²) >= 11 is 5.92. The first-order valence-electron chi connectivity index (χ1n) is 6.86. The third-order valence-electron chi connectivity index (χ3n) is 3.23. The van der Waals surface area contributed by atoms with Crippen LogP contribution in [-0.2, 0) is 6.54 Å². The minimum absolute atomic E-state index is 0.199. The molecule has 0 saturated heterocycles. The summed E-state index contributed by atoms with van der Waals surface area (Å²) in [4.78, 5) is 12.1. The highest BCUT2D eigenvalue weighted by atomic mass is 35.5. The van der Waals surface area contributed by atoms with Gasteiger partial charge in [-0.2, -0.15) is 5.10 Å². The van der Waals surface area contributed by atoms with Crippen molar-refractivity contribution >= 4 is 17.5 Å². The highest BCUT2D eigenvalue weighted by Crippen LogP contribution is 2.17. The number of H-pyrrole nitrogens is 1. The number of rotatable bonds is 4. The minimum atomic E-state index is -0.199. The zero-order valence-electron chi connectivity index (χ0n) is 11.7. The lowest BCUT2D eigenvalue weighted by Gasteiger charge is -2.03. The standard InChI is InChI=1S/C17H14ClN3O/c18-14-8-4-5-12(9-14)11-19-17(22)16-10-15(20-21-16)13-6-2-1-3-7-13/h1-10H,11H2,(H,19,22)(H,20,21). The number of amides is 1. The molecule has 0 unspecified atom stereocenters. The van der Waals surface area contributed by atoms with Crippen molar-refractivity contribution in [3.63, 3.8) is 0 Å². The summed E-state index contributed by atoms with van der Waals surface area (Å²) in [6.07, 6.45) is 0. The number of hydrogen-bond acceptors (Lipinski definition) is 2. The van der Waals surface area contributed by atoms with Crippen molar-refractivity contribution in [2.45, 2.75) is 6.54 Å². The zero-order valence-corrected chi connectivity index (χ0v) is 12.5. The van der Waals surface area contributed by atoms with Crippen molar-refractivity contribution in [1.82, 2.24) is 15.5 Å². The molecule has 110 valence electrons. The van der Waals surface area contributed by atoms with Gasteiger partial charge in [-0.05, 0) is 23.8 Å². The molecule has 0 atom stereocenters. The fourth-order valence-electron chi connectivity index (χ4n) is 2.12. The van der Waals surface area contributed by atoms with E-state index in [1.54, 1.807) is 12.1 Å². The maximum atomic E-state index is 12.1. The van der Waals surface area contributed by atoms with Crippen molar-refractivity contribution in [2.24, 2.45) is 0 Å². The highest BCUT2D eigenvalue weighted by molar-refractivity contribution is 6.30. The third kappa shape index (κ3) is 3.35. The molecule has 0 aliphatic carbocycles. The quantitative estimate of drug-likeness (QED) is 0.772. The molecule has 0 aliphatic rings. The van der Waals surface area contributed by atoms with Gasteiger partial charge in [0.2, 0.25) is 0 Å². The van der Waals surface area contributed by atoms with E-state index in [1.807, 2.05) is 48.5 Å². The number of hydrogen-bond donors (Lipinski definition) is 2. The van der Waals surface area contributed by atoms with E-state index in [9.17, 15) is 4.79 Å². The fourth-order valence-corrected chi connectivity index (χ4v) is 2.33. The van der Waals surface area contributed by atoms with E-state index in [1.165, 1.54) is 0 Å². The number of nitrogens with one attached hydrogen (secondary N) is 2. The van der Waals surface area contributed by atoms with Crippen LogP contribution < -0.4 is 5.32 Å². The second-order valence-electron chi connectivity index (χ2n) is 4.85. The molecule has 1 heterocycles. The van der Waals surface area contributed by atoms with Gasteiger partial charge in [0.25, 0.3) is 5.91 Å². The third-order valence-corrected chi connectivity index (χ3v) is 3.47. The van der Waals surface area contributed by atoms with Crippen molar-refractivity contribution in [2.75, 3.05) is 0 Å². The molecule has 0 bridgehead atoms. The summed E-state index contributed by atoms with van der Waals surface area (Å²) in [5.74, 6) is -0.199. The normalized spacial score (nSPS) is 10.4. The predicted molar refractivity (Wildman–Crippen MR) is 86.6 cm³/mol. The molecule has 1 aromatic heterocycles. The second-order valence-corrected chi connectivity index (χ2v) is 5.28. The first kappa shape index (κ1) is 14.4. The number of halogens is 1. The van der Waals surface area contributed by atoms with Gasteiger partial charge in [0.05, 0.1) is 5.69 Å². The molecular formula is C17H14ClN3O. The number of carbonyl (C=O) groups is 1. The molecular weight excluding hydrogens is 298 g/mol. The van der Waals surface area contributed by atoms with Gasteiger partial charge in [0.1, 0.15) is 5.69 Å². The van der Waals surface area contributed by atoms with Gasteiger partial charge >= 0.3 is 0 Å². The van der Waals surface area contributed by atoms with Gasteiger partial charge in [-0.25, -0.2) is 0 Å². The van der Waals surface area contributed by atoms with Crippen LogP contribution in [0, 0.1) is 0 Å². The monoisotopic (exact) mass is 311 g/mol. The Hall–Kier alpha value is -2.59. The van der Waals surface area contributed by atoms with E-state index in [-0.39, 0.29) is 5.91 Å². The van der Waals surface area contributed by atoms with Gasteiger partial charge in [0.15, 0.2) is 0 Å². The van der Waals surface area contributed by atoms with E-state index in [0.717, 1.165) is 16.8 Å².